The van der Waals surface area contributed by atoms with Crippen LogP contribution in [0.15, 0.2) is 18.3 Å². The lowest BCUT2D eigenvalue weighted by Gasteiger charge is -2.35. The summed E-state index contributed by atoms with van der Waals surface area (Å²) < 4.78 is 44.7. The Kier molecular flexibility index (Phi) is 7.19. The van der Waals surface area contributed by atoms with E-state index in [1.807, 2.05) is 0 Å². The molecule has 2 aromatic heterocycles. The molecule has 32 heavy (non-hydrogen) atoms. The molecule has 1 fully saturated rings. The minimum Gasteiger partial charge on any atom is -0.487 e. The lowest BCUT2D eigenvalue weighted by atomic mass is 9.95. The van der Waals surface area contributed by atoms with E-state index in [9.17, 15) is 13.6 Å². The molecule has 2 aromatic rings. The molecule has 2 N–H and O–H groups in total. The fourth-order valence-corrected chi connectivity index (χ4v) is 3.23. The van der Waals surface area contributed by atoms with Gasteiger partial charge < -0.3 is 24.8 Å². The van der Waals surface area contributed by atoms with Gasteiger partial charge in [-0.2, -0.15) is 8.78 Å². The van der Waals surface area contributed by atoms with Crippen LogP contribution in [0.3, 0.4) is 0 Å². The average molecular weight is 451 g/mol. The van der Waals surface area contributed by atoms with E-state index in [0.29, 0.717) is 43.2 Å². The second kappa shape index (κ2) is 9.70. The van der Waals surface area contributed by atoms with E-state index in [1.54, 1.807) is 20.1 Å². The molecule has 0 radical (unpaired) electrons. The van der Waals surface area contributed by atoms with E-state index in [2.05, 4.69) is 25.6 Å². The lowest BCUT2D eigenvalue weighted by molar-refractivity contribution is -0.114. The molecule has 0 unspecified atom stereocenters. The van der Waals surface area contributed by atoms with Crippen LogP contribution in [0.2, 0.25) is 0 Å². The molecule has 0 spiro atoms. The van der Waals surface area contributed by atoms with Crippen LogP contribution in [0, 0.1) is 6.92 Å². The summed E-state index contributed by atoms with van der Waals surface area (Å²) in [6, 6.07) is 3.08. The van der Waals surface area contributed by atoms with Gasteiger partial charge in [0.25, 0.3) is 0 Å². The summed E-state index contributed by atoms with van der Waals surface area (Å²) in [6.45, 7) is 5.06. The van der Waals surface area contributed by atoms with Crippen molar-refractivity contribution in [3.8, 4) is 5.75 Å². The summed E-state index contributed by atoms with van der Waals surface area (Å²) >= 11 is 0. The van der Waals surface area contributed by atoms with Crippen LogP contribution in [0.1, 0.15) is 38.2 Å². The quantitative estimate of drug-likeness (QED) is 0.627. The molecular formula is C21H27F2N5O4. The number of aryl methyl sites for hydroxylation is 1. The Morgan fingerprint density at radius 1 is 1.25 bits per heavy atom. The number of ether oxygens (including phenoxy) is 3. The molecule has 1 amide bonds. The van der Waals surface area contributed by atoms with Crippen LogP contribution < -0.4 is 15.4 Å². The Morgan fingerprint density at radius 2 is 1.97 bits per heavy atom. The number of carbonyl (C=O) groups is 1. The van der Waals surface area contributed by atoms with Crippen molar-refractivity contribution in [1.82, 2.24) is 15.0 Å². The predicted molar refractivity (Wildman–Crippen MR) is 113 cm³/mol. The number of rotatable bonds is 8. The number of aromatic nitrogens is 3. The molecule has 1 aliphatic heterocycles. The Balaban J connectivity index is 1.90. The molecule has 1 aliphatic rings. The molecule has 1 saturated heterocycles. The molecular weight excluding hydrogens is 424 g/mol. The van der Waals surface area contributed by atoms with E-state index in [0.717, 1.165) is 6.92 Å². The summed E-state index contributed by atoms with van der Waals surface area (Å²) in [5, 5.41) is 5.58. The number of carbonyl (C=O) groups excluding carboxylic acids is 1. The highest BCUT2D eigenvalue weighted by Gasteiger charge is 2.34. The SMILES string of the molecule is COC1(COc2cnc(NC(C)=O)cc2Nc2cc(C)nc(C(C)(F)F)n2)CCOCC1. The number of amides is 1. The summed E-state index contributed by atoms with van der Waals surface area (Å²) in [5.41, 5.74) is 0.262. The van der Waals surface area contributed by atoms with Crippen LogP contribution in [-0.4, -0.2) is 53.4 Å². The van der Waals surface area contributed by atoms with Crippen molar-refractivity contribution in [1.29, 1.82) is 0 Å². The summed E-state index contributed by atoms with van der Waals surface area (Å²) in [4.78, 5) is 23.4. The number of hydrogen-bond donors (Lipinski definition) is 2. The Morgan fingerprint density at radius 3 is 2.59 bits per heavy atom. The zero-order chi connectivity index (χ0) is 23.4. The van der Waals surface area contributed by atoms with Crippen LogP contribution in [0.4, 0.5) is 26.1 Å². The van der Waals surface area contributed by atoms with Gasteiger partial charge in [0.1, 0.15) is 23.8 Å². The van der Waals surface area contributed by atoms with Crippen LogP contribution in [0.5, 0.6) is 5.75 Å². The van der Waals surface area contributed by atoms with Crippen LogP contribution in [0.25, 0.3) is 0 Å². The Hall–Kier alpha value is -2.92. The van der Waals surface area contributed by atoms with Gasteiger partial charge in [-0.3, -0.25) is 4.79 Å². The van der Waals surface area contributed by atoms with Crippen molar-refractivity contribution in [3.63, 3.8) is 0 Å². The summed E-state index contributed by atoms with van der Waals surface area (Å²) in [6.07, 6.45) is 2.78. The lowest BCUT2D eigenvalue weighted by Crippen LogP contribution is -2.43. The van der Waals surface area contributed by atoms with Crippen molar-refractivity contribution in [3.05, 3.63) is 29.8 Å². The first kappa shape index (κ1) is 23.7. The fraction of sp³-hybridized carbons (Fsp3) is 0.524. The molecule has 0 aromatic carbocycles. The van der Waals surface area contributed by atoms with E-state index >= 15 is 0 Å². The van der Waals surface area contributed by atoms with E-state index in [1.165, 1.54) is 19.2 Å². The first-order chi connectivity index (χ1) is 15.1. The number of hydrogen-bond acceptors (Lipinski definition) is 8. The van der Waals surface area contributed by atoms with Gasteiger partial charge in [-0.15, -0.1) is 0 Å². The zero-order valence-corrected chi connectivity index (χ0v) is 18.5. The van der Waals surface area contributed by atoms with Crippen LogP contribution >= 0.6 is 0 Å². The minimum absolute atomic E-state index is 0.159. The molecule has 3 rings (SSSR count). The van der Waals surface area contributed by atoms with Gasteiger partial charge in [-0.05, 0) is 6.92 Å². The maximum atomic E-state index is 13.8. The van der Waals surface area contributed by atoms with E-state index in [-0.39, 0.29) is 24.1 Å². The number of nitrogens with one attached hydrogen (secondary N) is 2. The normalized spacial score (nSPS) is 15.8. The van der Waals surface area contributed by atoms with Gasteiger partial charge >= 0.3 is 5.92 Å². The topological polar surface area (TPSA) is 107 Å². The van der Waals surface area contributed by atoms with E-state index in [4.69, 9.17) is 14.2 Å². The van der Waals surface area contributed by atoms with Crippen molar-refractivity contribution >= 4 is 23.2 Å². The monoisotopic (exact) mass is 451 g/mol. The molecule has 0 aliphatic carbocycles. The third-order valence-electron chi connectivity index (χ3n) is 5.01. The predicted octanol–water partition coefficient (Wildman–Crippen LogP) is 3.57. The number of anilines is 3. The highest BCUT2D eigenvalue weighted by molar-refractivity contribution is 5.88. The van der Waals surface area contributed by atoms with Crippen molar-refractivity contribution in [2.24, 2.45) is 0 Å². The van der Waals surface area contributed by atoms with E-state index < -0.39 is 17.3 Å². The second-order valence-corrected chi connectivity index (χ2v) is 7.77. The first-order valence-electron chi connectivity index (χ1n) is 10.1. The number of halogens is 2. The highest BCUT2D eigenvalue weighted by Crippen LogP contribution is 2.33. The van der Waals surface area contributed by atoms with Crippen molar-refractivity contribution in [2.45, 2.75) is 45.1 Å². The molecule has 9 nitrogen and oxygen atoms in total. The molecule has 0 saturated carbocycles. The maximum Gasteiger partial charge on any atom is 0.303 e. The highest BCUT2D eigenvalue weighted by atomic mass is 19.3. The third kappa shape index (κ3) is 6.07. The third-order valence-corrected chi connectivity index (χ3v) is 5.01. The van der Waals surface area contributed by atoms with Gasteiger partial charge in [0.2, 0.25) is 11.7 Å². The smallest absolute Gasteiger partial charge is 0.303 e. The first-order valence-corrected chi connectivity index (χ1v) is 10.1. The molecule has 3 heterocycles. The number of nitrogens with zero attached hydrogens (tertiary/aromatic N) is 3. The van der Waals surface area contributed by atoms with Gasteiger partial charge in [0.05, 0.1) is 11.9 Å². The van der Waals surface area contributed by atoms with Gasteiger partial charge in [-0.1, -0.05) is 0 Å². The molecule has 174 valence electrons. The summed E-state index contributed by atoms with van der Waals surface area (Å²) in [5.74, 6) is -3.32. The number of methoxy groups -OCH3 is 1. The maximum absolute atomic E-state index is 13.8. The second-order valence-electron chi connectivity index (χ2n) is 7.77. The minimum atomic E-state index is -3.20. The molecule has 0 atom stereocenters. The average Bonchev–Trinajstić information content (AvgIpc) is 2.72. The number of pyridine rings is 1. The fourth-order valence-electron chi connectivity index (χ4n) is 3.23. The van der Waals surface area contributed by atoms with Crippen LogP contribution in [-0.2, 0) is 20.2 Å². The zero-order valence-electron chi connectivity index (χ0n) is 18.5. The standard InChI is InChI=1S/C21H27F2N5O4/c1-13-9-18(28-19(25-13)20(3,22)23)27-15-10-17(26-14(2)29)24-11-16(15)32-12-21(30-4)5-7-31-8-6-21/h9-11H,5-8,12H2,1-4H3,(H2,24,25,26,27,28,29). The molecule has 11 heteroatoms. The Labute approximate surface area is 184 Å². The van der Waals surface area contributed by atoms with Crippen molar-refractivity contribution < 1.29 is 27.8 Å². The largest absolute Gasteiger partial charge is 0.487 e. The molecule has 0 bridgehead atoms. The Bertz CT molecular complexity index is 962. The summed E-state index contributed by atoms with van der Waals surface area (Å²) in [7, 11) is 1.63. The van der Waals surface area contributed by atoms with Gasteiger partial charge in [0.15, 0.2) is 5.75 Å². The van der Waals surface area contributed by atoms with Crippen molar-refractivity contribution in [2.75, 3.05) is 37.6 Å². The van der Waals surface area contributed by atoms with Gasteiger partial charge in [0, 0.05) is 64.8 Å². The number of alkyl halides is 2. The van der Waals surface area contributed by atoms with Gasteiger partial charge in [-0.25, -0.2) is 15.0 Å².